The molecule has 0 radical (unpaired) electrons. The molecule has 0 aliphatic carbocycles. The summed E-state index contributed by atoms with van der Waals surface area (Å²) in [4.78, 5) is 14.0. The van der Waals surface area contributed by atoms with Gasteiger partial charge in [-0.25, -0.2) is 0 Å². The SMILES string of the molecule is O=C1NCC[C@H]2CN(Cc3ccoc3)C[C@H]12. The quantitative estimate of drug-likeness (QED) is 0.803. The van der Waals surface area contributed by atoms with Gasteiger partial charge in [-0.3, -0.25) is 9.69 Å². The summed E-state index contributed by atoms with van der Waals surface area (Å²) in [5.74, 6) is 1.01. The van der Waals surface area contributed by atoms with Crippen molar-refractivity contribution in [2.24, 2.45) is 11.8 Å². The maximum Gasteiger partial charge on any atom is 0.224 e. The number of rotatable bonds is 2. The summed E-state index contributed by atoms with van der Waals surface area (Å²) in [6.07, 6.45) is 4.60. The number of nitrogens with zero attached hydrogens (tertiary/aromatic N) is 1. The van der Waals surface area contributed by atoms with Crippen molar-refractivity contribution < 1.29 is 9.21 Å². The first kappa shape index (κ1) is 9.90. The Morgan fingerprint density at radius 3 is 3.19 bits per heavy atom. The summed E-state index contributed by atoms with van der Waals surface area (Å²) >= 11 is 0. The zero-order valence-electron chi connectivity index (χ0n) is 9.19. The number of likely N-dealkylation sites (tertiary alicyclic amines) is 1. The van der Waals surface area contributed by atoms with Crippen LogP contribution in [0.15, 0.2) is 23.0 Å². The molecule has 0 unspecified atom stereocenters. The Hall–Kier alpha value is -1.29. The van der Waals surface area contributed by atoms with Crippen molar-refractivity contribution in [2.75, 3.05) is 19.6 Å². The molecular weight excluding hydrogens is 204 g/mol. The fourth-order valence-corrected chi connectivity index (χ4v) is 2.83. The third-order valence-corrected chi connectivity index (χ3v) is 3.65. The summed E-state index contributed by atoms with van der Waals surface area (Å²) in [7, 11) is 0. The monoisotopic (exact) mass is 220 g/mol. The van der Waals surface area contributed by atoms with Gasteiger partial charge in [0.15, 0.2) is 0 Å². The zero-order chi connectivity index (χ0) is 11.0. The highest BCUT2D eigenvalue weighted by molar-refractivity contribution is 5.80. The summed E-state index contributed by atoms with van der Waals surface area (Å²) in [5, 5.41) is 2.95. The molecule has 1 amide bonds. The fraction of sp³-hybridized carbons (Fsp3) is 0.583. The lowest BCUT2D eigenvalue weighted by atomic mass is 9.89. The van der Waals surface area contributed by atoms with Crippen LogP contribution in [0.2, 0.25) is 0 Å². The number of piperidine rings is 1. The van der Waals surface area contributed by atoms with Gasteiger partial charge in [0, 0.05) is 31.7 Å². The number of hydrogen-bond donors (Lipinski definition) is 1. The van der Waals surface area contributed by atoms with Crippen molar-refractivity contribution in [3.8, 4) is 0 Å². The number of furan rings is 1. The molecule has 4 heteroatoms. The molecular formula is C12H16N2O2. The van der Waals surface area contributed by atoms with Crippen molar-refractivity contribution in [1.29, 1.82) is 0 Å². The Bertz CT molecular complexity index is 374. The Labute approximate surface area is 94.6 Å². The lowest BCUT2D eigenvalue weighted by Crippen LogP contribution is -2.41. The molecule has 0 bridgehead atoms. The van der Waals surface area contributed by atoms with Crippen molar-refractivity contribution in [1.82, 2.24) is 10.2 Å². The molecule has 3 heterocycles. The van der Waals surface area contributed by atoms with Crippen LogP contribution >= 0.6 is 0 Å². The molecule has 2 saturated heterocycles. The van der Waals surface area contributed by atoms with Crippen LogP contribution in [0.25, 0.3) is 0 Å². The fourth-order valence-electron chi connectivity index (χ4n) is 2.83. The van der Waals surface area contributed by atoms with Gasteiger partial charge in [0.05, 0.1) is 18.4 Å². The molecule has 1 aromatic heterocycles. The minimum Gasteiger partial charge on any atom is -0.472 e. The first-order chi connectivity index (χ1) is 7.83. The third-order valence-electron chi connectivity index (χ3n) is 3.65. The second-order valence-electron chi connectivity index (χ2n) is 4.77. The Morgan fingerprint density at radius 2 is 2.44 bits per heavy atom. The number of carbonyl (C=O) groups excluding carboxylic acids is 1. The lowest BCUT2D eigenvalue weighted by Gasteiger charge is -2.23. The Balaban J connectivity index is 1.65. The standard InChI is InChI=1S/C12H16N2O2/c15-12-11-7-14(5-9-2-4-16-8-9)6-10(11)1-3-13-12/h2,4,8,10-11H,1,3,5-7H2,(H,13,15)/t10-,11-/m0/s1. The van der Waals surface area contributed by atoms with E-state index in [1.807, 2.05) is 6.07 Å². The van der Waals surface area contributed by atoms with Gasteiger partial charge in [-0.2, -0.15) is 0 Å². The van der Waals surface area contributed by atoms with Gasteiger partial charge in [0.2, 0.25) is 5.91 Å². The Morgan fingerprint density at radius 1 is 1.50 bits per heavy atom. The van der Waals surface area contributed by atoms with E-state index >= 15 is 0 Å². The zero-order valence-corrected chi connectivity index (χ0v) is 9.19. The highest BCUT2D eigenvalue weighted by Gasteiger charge is 2.39. The van der Waals surface area contributed by atoms with E-state index in [9.17, 15) is 4.79 Å². The van der Waals surface area contributed by atoms with E-state index in [1.54, 1.807) is 12.5 Å². The minimum atomic E-state index is 0.209. The predicted octanol–water partition coefficient (Wildman–Crippen LogP) is 0.847. The van der Waals surface area contributed by atoms with Crippen molar-refractivity contribution >= 4 is 5.91 Å². The van der Waals surface area contributed by atoms with E-state index in [0.717, 1.165) is 32.6 Å². The number of hydrogen-bond acceptors (Lipinski definition) is 3. The van der Waals surface area contributed by atoms with Crippen molar-refractivity contribution in [3.63, 3.8) is 0 Å². The predicted molar refractivity (Wildman–Crippen MR) is 58.6 cm³/mol. The van der Waals surface area contributed by atoms with Gasteiger partial charge in [0.1, 0.15) is 0 Å². The van der Waals surface area contributed by atoms with Crippen LogP contribution in [0.4, 0.5) is 0 Å². The molecule has 0 aromatic carbocycles. The molecule has 2 atom stereocenters. The van der Waals surface area contributed by atoms with E-state index in [-0.39, 0.29) is 11.8 Å². The third kappa shape index (κ3) is 1.73. The van der Waals surface area contributed by atoms with Crippen LogP contribution in [0.5, 0.6) is 0 Å². The van der Waals surface area contributed by atoms with Crippen LogP contribution in [0.1, 0.15) is 12.0 Å². The van der Waals surface area contributed by atoms with Gasteiger partial charge in [-0.15, -0.1) is 0 Å². The van der Waals surface area contributed by atoms with E-state index in [0.29, 0.717) is 5.92 Å². The molecule has 3 rings (SSSR count). The van der Waals surface area contributed by atoms with E-state index in [2.05, 4.69) is 10.2 Å². The first-order valence-electron chi connectivity index (χ1n) is 5.84. The molecule has 4 nitrogen and oxygen atoms in total. The molecule has 16 heavy (non-hydrogen) atoms. The normalized spacial score (nSPS) is 30.1. The number of carbonyl (C=O) groups is 1. The molecule has 2 aliphatic heterocycles. The molecule has 0 saturated carbocycles. The van der Waals surface area contributed by atoms with Gasteiger partial charge in [-0.1, -0.05) is 0 Å². The summed E-state index contributed by atoms with van der Waals surface area (Å²) in [5.41, 5.74) is 1.19. The molecule has 2 aliphatic rings. The molecule has 86 valence electrons. The largest absolute Gasteiger partial charge is 0.472 e. The van der Waals surface area contributed by atoms with Crippen LogP contribution in [0, 0.1) is 11.8 Å². The molecule has 1 N–H and O–H groups in total. The van der Waals surface area contributed by atoms with E-state index < -0.39 is 0 Å². The number of nitrogens with one attached hydrogen (secondary N) is 1. The van der Waals surface area contributed by atoms with Crippen molar-refractivity contribution in [3.05, 3.63) is 24.2 Å². The molecule has 2 fully saturated rings. The summed E-state index contributed by atoms with van der Waals surface area (Å²) < 4.78 is 5.06. The smallest absolute Gasteiger partial charge is 0.224 e. The maximum atomic E-state index is 11.7. The topological polar surface area (TPSA) is 45.5 Å². The van der Waals surface area contributed by atoms with Crippen LogP contribution in [-0.4, -0.2) is 30.4 Å². The highest BCUT2D eigenvalue weighted by atomic mass is 16.3. The van der Waals surface area contributed by atoms with Crippen molar-refractivity contribution in [2.45, 2.75) is 13.0 Å². The number of fused-ring (bicyclic) bond motifs is 1. The second kappa shape index (κ2) is 3.94. The summed E-state index contributed by atoms with van der Waals surface area (Å²) in [6, 6.07) is 1.99. The average Bonchev–Trinajstić information content (AvgIpc) is 2.88. The van der Waals surface area contributed by atoms with Crippen LogP contribution < -0.4 is 5.32 Å². The van der Waals surface area contributed by atoms with E-state index in [1.165, 1.54) is 5.56 Å². The highest BCUT2D eigenvalue weighted by Crippen LogP contribution is 2.29. The number of amides is 1. The van der Waals surface area contributed by atoms with Gasteiger partial charge < -0.3 is 9.73 Å². The second-order valence-corrected chi connectivity index (χ2v) is 4.77. The van der Waals surface area contributed by atoms with Gasteiger partial charge >= 0.3 is 0 Å². The van der Waals surface area contributed by atoms with Crippen LogP contribution in [-0.2, 0) is 11.3 Å². The lowest BCUT2D eigenvalue weighted by molar-refractivity contribution is -0.127. The average molecular weight is 220 g/mol. The minimum absolute atomic E-state index is 0.209. The first-order valence-corrected chi connectivity index (χ1v) is 5.84. The summed E-state index contributed by atoms with van der Waals surface area (Å²) in [6.45, 7) is 3.68. The molecule has 0 spiro atoms. The molecule has 1 aromatic rings. The van der Waals surface area contributed by atoms with Gasteiger partial charge in [0.25, 0.3) is 0 Å². The van der Waals surface area contributed by atoms with Gasteiger partial charge in [-0.05, 0) is 18.4 Å². The van der Waals surface area contributed by atoms with E-state index in [4.69, 9.17) is 4.42 Å². The Kier molecular flexibility index (Phi) is 2.44. The maximum absolute atomic E-state index is 11.7. The van der Waals surface area contributed by atoms with Crippen LogP contribution in [0.3, 0.4) is 0 Å².